The van der Waals surface area contributed by atoms with Crippen LogP contribution in [0.5, 0.6) is 0 Å². The number of carboxylic acids is 1. The van der Waals surface area contributed by atoms with Gasteiger partial charge in [-0.25, -0.2) is 4.79 Å². The van der Waals surface area contributed by atoms with Gasteiger partial charge in [0.25, 0.3) is 5.91 Å². The number of para-hydroxylation sites is 1. The fourth-order valence-electron chi connectivity index (χ4n) is 2.94. The van der Waals surface area contributed by atoms with Crippen LogP contribution in [0, 0.1) is 6.92 Å². The van der Waals surface area contributed by atoms with Crippen molar-refractivity contribution in [3.05, 3.63) is 76.4 Å². The van der Waals surface area contributed by atoms with Gasteiger partial charge in [0.2, 0.25) is 0 Å². The maximum atomic E-state index is 12.3. The quantitative estimate of drug-likeness (QED) is 0.625. The number of nitrogens with one attached hydrogen (secondary N) is 1. The van der Waals surface area contributed by atoms with Crippen LogP contribution in [-0.2, 0) is 4.79 Å². The molecule has 5 nitrogen and oxygen atoms in total. The second kappa shape index (κ2) is 6.81. The highest BCUT2D eigenvalue weighted by Gasteiger charge is 2.21. The Kier molecular flexibility index (Phi) is 4.33. The number of furan rings is 1. The Morgan fingerprint density at radius 3 is 2.74 bits per heavy atom. The SMILES string of the molecule is Cc1c(C(=O)O)cccc1-c1ccc(/C=C2\Sc3ccccc3NC2=O)o1. The first kappa shape index (κ1) is 17.2. The normalized spacial score (nSPS) is 14.7. The lowest BCUT2D eigenvalue weighted by molar-refractivity contribution is -0.112. The number of anilines is 1. The number of benzene rings is 2. The lowest BCUT2D eigenvalue weighted by Gasteiger charge is -2.17. The van der Waals surface area contributed by atoms with Gasteiger partial charge in [-0.3, -0.25) is 4.79 Å². The number of carbonyl (C=O) groups excluding carboxylic acids is 1. The molecule has 2 heterocycles. The van der Waals surface area contributed by atoms with E-state index >= 15 is 0 Å². The number of rotatable bonds is 3. The molecule has 0 fully saturated rings. The van der Waals surface area contributed by atoms with Gasteiger partial charge in [0, 0.05) is 16.5 Å². The fraction of sp³-hybridized carbons (Fsp3) is 0.0476. The van der Waals surface area contributed by atoms with Crippen molar-refractivity contribution in [1.29, 1.82) is 0 Å². The summed E-state index contributed by atoms with van der Waals surface area (Å²) in [6.07, 6.45) is 1.69. The van der Waals surface area contributed by atoms with Gasteiger partial charge >= 0.3 is 5.97 Å². The molecule has 0 atom stereocenters. The van der Waals surface area contributed by atoms with Crippen molar-refractivity contribution in [2.24, 2.45) is 0 Å². The highest BCUT2D eigenvalue weighted by Crippen LogP contribution is 2.39. The molecule has 1 aliphatic heterocycles. The Morgan fingerprint density at radius 1 is 1.11 bits per heavy atom. The largest absolute Gasteiger partial charge is 0.478 e. The standard InChI is InChI=1S/C21H15NO4S/c1-12-14(5-4-6-15(12)21(24)25)17-10-9-13(26-17)11-19-20(23)22-16-7-2-3-8-18(16)27-19/h2-11H,1H3,(H,22,23)(H,24,25)/b19-11-. The molecule has 0 bridgehead atoms. The van der Waals surface area contributed by atoms with Crippen LogP contribution in [0.4, 0.5) is 5.69 Å². The number of hydrogen-bond acceptors (Lipinski definition) is 4. The molecule has 2 aromatic carbocycles. The number of thioether (sulfide) groups is 1. The molecular formula is C21H15NO4S. The summed E-state index contributed by atoms with van der Waals surface area (Å²) in [5.41, 5.74) is 2.39. The molecule has 0 saturated carbocycles. The Morgan fingerprint density at radius 2 is 1.93 bits per heavy atom. The molecule has 0 aliphatic carbocycles. The maximum Gasteiger partial charge on any atom is 0.335 e. The first-order chi connectivity index (χ1) is 13.0. The maximum absolute atomic E-state index is 12.3. The zero-order valence-corrected chi connectivity index (χ0v) is 15.2. The minimum absolute atomic E-state index is 0.180. The van der Waals surface area contributed by atoms with E-state index in [-0.39, 0.29) is 11.5 Å². The van der Waals surface area contributed by atoms with Crippen molar-refractivity contribution >= 4 is 35.4 Å². The third kappa shape index (κ3) is 3.27. The summed E-state index contributed by atoms with van der Waals surface area (Å²) < 4.78 is 5.86. The summed E-state index contributed by atoms with van der Waals surface area (Å²) in [7, 11) is 0. The second-order valence-corrected chi connectivity index (χ2v) is 7.13. The number of fused-ring (bicyclic) bond motifs is 1. The van der Waals surface area contributed by atoms with E-state index in [0.29, 0.717) is 27.6 Å². The molecule has 134 valence electrons. The lowest BCUT2D eigenvalue weighted by atomic mass is 10.0. The van der Waals surface area contributed by atoms with Gasteiger partial charge in [-0.2, -0.15) is 0 Å². The molecule has 2 N–H and O–H groups in total. The van der Waals surface area contributed by atoms with Gasteiger partial charge in [-0.1, -0.05) is 36.0 Å². The van der Waals surface area contributed by atoms with Gasteiger partial charge in [0.05, 0.1) is 16.2 Å². The minimum atomic E-state index is -0.975. The molecule has 0 unspecified atom stereocenters. The Balaban J connectivity index is 1.66. The Labute approximate surface area is 159 Å². The molecule has 4 rings (SSSR count). The first-order valence-electron chi connectivity index (χ1n) is 8.26. The number of amides is 1. The van der Waals surface area contributed by atoms with E-state index in [4.69, 9.17) is 4.42 Å². The molecule has 1 aliphatic rings. The van der Waals surface area contributed by atoms with Crippen molar-refractivity contribution in [1.82, 2.24) is 0 Å². The van der Waals surface area contributed by atoms with Crippen LogP contribution in [0.15, 0.2) is 68.8 Å². The molecule has 27 heavy (non-hydrogen) atoms. The average molecular weight is 377 g/mol. The van der Waals surface area contributed by atoms with Crippen molar-refractivity contribution in [3.8, 4) is 11.3 Å². The topological polar surface area (TPSA) is 79.5 Å². The van der Waals surface area contributed by atoms with Crippen molar-refractivity contribution in [2.75, 3.05) is 5.32 Å². The van der Waals surface area contributed by atoms with E-state index in [9.17, 15) is 14.7 Å². The van der Waals surface area contributed by atoms with E-state index in [1.165, 1.54) is 11.8 Å². The van der Waals surface area contributed by atoms with Crippen LogP contribution < -0.4 is 5.32 Å². The van der Waals surface area contributed by atoms with E-state index < -0.39 is 5.97 Å². The molecule has 6 heteroatoms. The first-order valence-corrected chi connectivity index (χ1v) is 9.07. The summed E-state index contributed by atoms with van der Waals surface area (Å²) in [5.74, 6) is -0.0656. The minimum Gasteiger partial charge on any atom is -0.478 e. The second-order valence-electron chi connectivity index (χ2n) is 6.05. The summed E-state index contributed by atoms with van der Waals surface area (Å²) in [6, 6.07) is 16.2. The molecule has 1 aromatic heterocycles. The monoisotopic (exact) mass is 377 g/mol. The van der Waals surface area contributed by atoms with Crippen LogP contribution >= 0.6 is 11.8 Å². The van der Waals surface area contributed by atoms with E-state index in [1.807, 2.05) is 30.3 Å². The van der Waals surface area contributed by atoms with Crippen LogP contribution in [0.25, 0.3) is 17.4 Å². The number of carboxylic acid groups (broad SMARTS) is 1. The van der Waals surface area contributed by atoms with Crippen LogP contribution in [-0.4, -0.2) is 17.0 Å². The summed E-state index contributed by atoms with van der Waals surface area (Å²) >= 11 is 1.39. The van der Waals surface area contributed by atoms with Gasteiger partial charge in [0.15, 0.2) is 0 Å². The van der Waals surface area contributed by atoms with Gasteiger partial charge in [-0.05, 0) is 42.8 Å². The lowest BCUT2D eigenvalue weighted by Crippen LogP contribution is -2.16. The van der Waals surface area contributed by atoms with E-state index in [1.54, 1.807) is 37.3 Å². The smallest absolute Gasteiger partial charge is 0.335 e. The third-order valence-corrected chi connectivity index (χ3v) is 5.41. The van der Waals surface area contributed by atoms with Crippen molar-refractivity contribution in [2.45, 2.75) is 11.8 Å². The van der Waals surface area contributed by atoms with Crippen molar-refractivity contribution < 1.29 is 19.1 Å². The molecule has 0 spiro atoms. The molecular weight excluding hydrogens is 362 g/mol. The van der Waals surface area contributed by atoms with Crippen LogP contribution in [0.2, 0.25) is 0 Å². The predicted octanol–water partition coefficient (Wildman–Crippen LogP) is 5.04. The molecule has 3 aromatic rings. The van der Waals surface area contributed by atoms with Crippen LogP contribution in [0.1, 0.15) is 21.7 Å². The van der Waals surface area contributed by atoms with Gasteiger partial charge < -0.3 is 14.8 Å². The van der Waals surface area contributed by atoms with Crippen LogP contribution in [0.3, 0.4) is 0 Å². The number of carbonyl (C=O) groups is 2. The number of hydrogen-bond donors (Lipinski definition) is 2. The zero-order valence-electron chi connectivity index (χ0n) is 14.4. The fourth-order valence-corrected chi connectivity index (χ4v) is 3.87. The predicted molar refractivity (Wildman–Crippen MR) is 105 cm³/mol. The Hall–Kier alpha value is -3.25. The third-order valence-electron chi connectivity index (χ3n) is 4.31. The summed E-state index contributed by atoms with van der Waals surface area (Å²) in [4.78, 5) is 25.1. The summed E-state index contributed by atoms with van der Waals surface area (Å²) in [5, 5.41) is 12.1. The highest BCUT2D eigenvalue weighted by atomic mass is 32.2. The van der Waals surface area contributed by atoms with Gasteiger partial charge in [0.1, 0.15) is 11.5 Å². The summed E-state index contributed by atoms with van der Waals surface area (Å²) in [6.45, 7) is 1.75. The molecule has 1 amide bonds. The van der Waals surface area contributed by atoms with Crippen molar-refractivity contribution in [3.63, 3.8) is 0 Å². The molecule has 0 saturated heterocycles. The molecule has 0 radical (unpaired) electrons. The zero-order chi connectivity index (χ0) is 19.0. The van der Waals surface area contributed by atoms with Gasteiger partial charge in [-0.15, -0.1) is 0 Å². The number of aromatic carboxylic acids is 1. The van der Waals surface area contributed by atoms with E-state index in [0.717, 1.165) is 10.6 Å². The highest BCUT2D eigenvalue weighted by molar-refractivity contribution is 8.04. The van der Waals surface area contributed by atoms with E-state index in [2.05, 4.69) is 5.32 Å². The average Bonchev–Trinajstić information content (AvgIpc) is 3.10. The Bertz CT molecular complexity index is 1100.